The van der Waals surface area contributed by atoms with E-state index in [0.717, 1.165) is 22.0 Å². The van der Waals surface area contributed by atoms with Gasteiger partial charge in [0.15, 0.2) is 0 Å². The van der Waals surface area contributed by atoms with E-state index in [1.165, 1.54) is 0 Å². The Bertz CT molecular complexity index is 731. The van der Waals surface area contributed by atoms with E-state index in [1.54, 1.807) is 6.42 Å². The normalized spacial score (nSPS) is 10.7. The van der Waals surface area contributed by atoms with Gasteiger partial charge in [0.05, 0.1) is 6.42 Å². The fraction of sp³-hybridized carbons (Fsp3) is 0.111. The van der Waals surface area contributed by atoms with Gasteiger partial charge in [-0.2, -0.15) is 0 Å². The molecule has 21 heavy (non-hydrogen) atoms. The van der Waals surface area contributed by atoms with Crippen LogP contribution in [0.1, 0.15) is 11.1 Å². The molecular weight excluding hydrogens is 262 g/mol. The zero-order valence-corrected chi connectivity index (χ0v) is 11.6. The number of esters is 1. The van der Waals surface area contributed by atoms with Crippen molar-refractivity contribution in [1.82, 2.24) is 4.98 Å². The van der Waals surface area contributed by atoms with Crippen LogP contribution in [-0.2, 0) is 22.6 Å². The standard InChI is InChI=1S/C18H16NO2/c20-18(21-13-14-6-2-1-3-7-14)11-10-15-12-19-17-9-5-4-8-16(15)17/h1-9,11-12,19H,10,13H2. The van der Waals surface area contributed by atoms with E-state index < -0.39 is 0 Å². The molecule has 0 aliphatic heterocycles. The fourth-order valence-electron chi connectivity index (χ4n) is 2.28. The Morgan fingerprint density at radius 3 is 2.67 bits per heavy atom. The van der Waals surface area contributed by atoms with E-state index >= 15 is 0 Å². The molecule has 2 aromatic carbocycles. The SMILES string of the molecule is O=C([CH]Cc1c[nH]c2ccccc12)OCc1ccccc1. The van der Waals surface area contributed by atoms with Gasteiger partial charge in [0.25, 0.3) is 0 Å². The summed E-state index contributed by atoms with van der Waals surface area (Å²) in [4.78, 5) is 15.0. The maximum Gasteiger partial charge on any atom is 0.310 e. The maximum absolute atomic E-state index is 11.8. The van der Waals surface area contributed by atoms with Crippen LogP contribution in [0.2, 0.25) is 0 Å². The second kappa shape index (κ2) is 6.27. The minimum atomic E-state index is -0.288. The molecule has 0 fully saturated rings. The molecule has 0 amide bonds. The van der Waals surface area contributed by atoms with Crippen LogP contribution >= 0.6 is 0 Å². The lowest BCUT2D eigenvalue weighted by Gasteiger charge is -2.04. The van der Waals surface area contributed by atoms with E-state index in [9.17, 15) is 4.79 Å². The van der Waals surface area contributed by atoms with Crippen LogP contribution in [0.15, 0.2) is 60.8 Å². The molecule has 1 N–H and O–H groups in total. The number of para-hydroxylation sites is 1. The fourth-order valence-corrected chi connectivity index (χ4v) is 2.28. The first kappa shape index (κ1) is 13.4. The number of nitrogens with one attached hydrogen (secondary N) is 1. The van der Waals surface area contributed by atoms with Gasteiger partial charge in [-0.25, -0.2) is 0 Å². The van der Waals surface area contributed by atoms with Gasteiger partial charge in [0.1, 0.15) is 6.61 Å². The summed E-state index contributed by atoms with van der Waals surface area (Å²) >= 11 is 0. The number of hydrogen-bond acceptors (Lipinski definition) is 2. The second-order valence-electron chi connectivity index (χ2n) is 4.86. The Balaban J connectivity index is 1.54. The Hall–Kier alpha value is -2.55. The average molecular weight is 278 g/mol. The van der Waals surface area contributed by atoms with Crippen LogP contribution in [-0.4, -0.2) is 11.0 Å². The van der Waals surface area contributed by atoms with E-state index in [1.807, 2.05) is 60.8 Å². The number of ether oxygens (including phenoxy) is 1. The van der Waals surface area contributed by atoms with Crippen molar-refractivity contribution in [2.75, 3.05) is 0 Å². The van der Waals surface area contributed by atoms with Crippen molar-refractivity contribution in [2.24, 2.45) is 0 Å². The number of fused-ring (bicyclic) bond motifs is 1. The third-order valence-corrected chi connectivity index (χ3v) is 3.39. The molecule has 1 radical (unpaired) electrons. The third kappa shape index (κ3) is 3.31. The van der Waals surface area contributed by atoms with Gasteiger partial charge in [-0.1, -0.05) is 48.5 Å². The topological polar surface area (TPSA) is 42.1 Å². The number of carbonyl (C=O) groups is 1. The van der Waals surface area contributed by atoms with Gasteiger partial charge in [0.2, 0.25) is 0 Å². The summed E-state index contributed by atoms with van der Waals surface area (Å²) in [5.41, 5.74) is 3.17. The molecule has 3 nitrogen and oxygen atoms in total. The minimum Gasteiger partial charge on any atom is -0.461 e. The minimum absolute atomic E-state index is 0.288. The number of hydrogen-bond donors (Lipinski definition) is 1. The van der Waals surface area contributed by atoms with Crippen molar-refractivity contribution in [3.8, 4) is 0 Å². The van der Waals surface area contributed by atoms with Gasteiger partial charge < -0.3 is 9.72 Å². The van der Waals surface area contributed by atoms with Crippen molar-refractivity contribution < 1.29 is 9.53 Å². The van der Waals surface area contributed by atoms with Gasteiger partial charge >= 0.3 is 5.97 Å². The van der Waals surface area contributed by atoms with Crippen molar-refractivity contribution >= 4 is 16.9 Å². The van der Waals surface area contributed by atoms with Gasteiger partial charge in [-0.05, 0) is 23.6 Å². The van der Waals surface area contributed by atoms with Crippen LogP contribution in [0.25, 0.3) is 10.9 Å². The third-order valence-electron chi connectivity index (χ3n) is 3.39. The van der Waals surface area contributed by atoms with Gasteiger partial charge in [-0.3, -0.25) is 4.79 Å². The van der Waals surface area contributed by atoms with Crippen molar-refractivity contribution in [1.29, 1.82) is 0 Å². The summed E-state index contributed by atoms with van der Waals surface area (Å²) in [6.07, 6.45) is 4.09. The summed E-state index contributed by atoms with van der Waals surface area (Å²) in [5.74, 6) is -0.288. The first-order valence-corrected chi connectivity index (χ1v) is 6.92. The van der Waals surface area contributed by atoms with Crippen molar-refractivity contribution in [3.63, 3.8) is 0 Å². The molecule has 3 heteroatoms. The molecule has 1 heterocycles. The van der Waals surface area contributed by atoms with Crippen molar-refractivity contribution in [3.05, 3.63) is 78.3 Å². The Morgan fingerprint density at radius 1 is 1.05 bits per heavy atom. The summed E-state index contributed by atoms with van der Waals surface area (Å²) < 4.78 is 5.23. The zero-order valence-electron chi connectivity index (χ0n) is 11.6. The molecule has 0 unspecified atom stereocenters. The molecule has 0 spiro atoms. The molecule has 0 saturated heterocycles. The molecule has 105 valence electrons. The highest BCUT2D eigenvalue weighted by Gasteiger charge is 2.08. The monoisotopic (exact) mass is 278 g/mol. The van der Waals surface area contributed by atoms with E-state index in [4.69, 9.17) is 4.74 Å². The van der Waals surface area contributed by atoms with E-state index in [-0.39, 0.29) is 5.97 Å². The molecule has 0 atom stereocenters. The Kier molecular flexibility index (Phi) is 4.01. The summed E-state index contributed by atoms with van der Waals surface area (Å²) in [6.45, 7) is 0.310. The van der Waals surface area contributed by atoms with Crippen LogP contribution in [0.4, 0.5) is 0 Å². The summed E-state index contributed by atoms with van der Waals surface area (Å²) in [7, 11) is 0. The summed E-state index contributed by atoms with van der Waals surface area (Å²) in [6, 6.07) is 17.7. The van der Waals surface area contributed by atoms with Gasteiger partial charge in [-0.15, -0.1) is 0 Å². The highest BCUT2D eigenvalue weighted by Crippen LogP contribution is 2.18. The molecule has 3 rings (SSSR count). The smallest absolute Gasteiger partial charge is 0.310 e. The lowest BCUT2D eigenvalue weighted by molar-refractivity contribution is -0.140. The summed E-state index contributed by atoms with van der Waals surface area (Å²) in [5, 5.41) is 1.14. The Labute approximate surface area is 123 Å². The molecule has 0 aliphatic carbocycles. The predicted molar refractivity (Wildman–Crippen MR) is 82.5 cm³/mol. The highest BCUT2D eigenvalue weighted by molar-refractivity contribution is 5.85. The van der Waals surface area contributed by atoms with Crippen LogP contribution < -0.4 is 0 Å². The van der Waals surface area contributed by atoms with E-state index in [2.05, 4.69) is 4.98 Å². The average Bonchev–Trinajstić information content (AvgIpc) is 2.95. The number of aromatic nitrogens is 1. The quantitative estimate of drug-likeness (QED) is 0.724. The Morgan fingerprint density at radius 2 is 1.81 bits per heavy atom. The number of benzene rings is 2. The molecule has 0 bridgehead atoms. The maximum atomic E-state index is 11.8. The van der Waals surface area contributed by atoms with E-state index in [0.29, 0.717) is 13.0 Å². The predicted octanol–water partition coefficient (Wildman–Crippen LogP) is 3.66. The first-order chi connectivity index (χ1) is 10.3. The largest absolute Gasteiger partial charge is 0.461 e. The number of H-pyrrole nitrogens is 1. The lowest BCUT2D eigenvalue weighted by Crippen LogP contribution is -2.06. The molecular formula is C18H16NO2. The molecule has 1 aromatic heterocycles. The van der Waals surface area contributed by atoms with Crippen LogP contribution in [0, 0.1) is 6.42 Å². The van der Waals surface area contributed by atoms with Crippen molar-refractivity contribution in [2.45, 2.75) is 13.0 Å². The second-order valence-corrected chi connectivity index (χ2v) is 4.86. The van der Waals surface area contributed by atoms with Crippen LogP contribution in [0.3, 0.4) is 0 Å². The molecule has 0 saturated carbocycles. The highest BCUT2D eigenvalue weighted by atomic mass is 16.5. The number of aromatic amines is 1. The van der Waals surface area contributed by atoms with Crippen LogP contribution in [0.5, 0.6) is 0 Å². The lowest BCUT2D eigenvalue weighted by atomic mass is 10.1. The number of rotatable bonds is 5. The first-order valence-electron chi connectivity index (χ1n) is 6.92. The molecule has 0 aliphatic rings. The van der Waals surface area contributed by atoms with Gasteiger partial charge in [0, 0.05) is 17.1 Å². The molecule has 3 aromatic rings. The zero-order chi connectivity index (χ0) is 14.5. The number of carbonyl (C=O) groups excluding carboxylic acids is 1.